The smallest absolute Gasteiger partial charge is 0.338 e. The molecule has 0 saturated carbocycles. The molecule has 1 N–H and O–H groups in total. The number of hydrogen-bond acceptors (Lipinski definition) is 3. The van der Waals surface area contributed by atoms with Crippen LogP contribution < -0.4 is 5.32 Å². The van der Waals surface area contributed by atoms with Gasteiger partial charge in [0.05, 0.1) is 15.6 Å². The van der Waals surface area contributed by atoms with Crippen LogP contribution in [0.2, 0.25) is 10.0 Å². The minimum absolute atomic E-state index is 0.200. The highest BCUT2D eigenvalue weighted by Gasteiger charge is 2.11. The van der Waals surface area contributed by atoms with E-state index < -0.39 is 18.5 Å². The van der Waals surface area contributed by atoms with Crippen LogP contribution in [0.15, 0.2) is 42.5 Å². The van der Waals surface area contributed by atoms with Crippen molar-refractivity contribution in [1.29, 1.82) is 0 Å². The molecule has 23 heavy (non-hydrogen) atoms. The number of esters is 1. The zero-order valence-corrected chi connectivity index (χ0v) is 13.3. The molecule has 0 aliphatic heterocycles. The summed E-state index contributed by atoms with van der Waals surface area (Å²) in [6.07, 6.45) is 0. The molecule has 0 bridgehead atoms. The fourth-order valence-corrected chi connectivity index (χ4v) is 1.99. The molecular weight excluding hydrogens is 344 g/mol. The van der Waals surface area contributed by atoms with Gasteiger partial charge in [0, 0.05) is 6.54 Å². The Hall–Kier alpha value is -2.11. The highest BCUT2D eigenvalue weighted by atomic mass is 35.5. The molecular formula is C16H12Cl2FNO3. The molecule has 0 spiro atoms. The largest absolute Gasteiger partial charge is 0.452 e. The zero-order chi connectivity index (χ0) is 16.8. The molecule has 0 aliphatic rings. The summed E-state index contributed by atoms with van der Waals surface area (Å²) >= 11 is 11.6. The van der Waals surface area contributed by atoms with Crippen LogP contribution in [0.1, 0.15) is 15.9 Å². The fraction of sp³-hybridized carbons (Fsp3) is 0.125. The van der Waals surface area contributed by atoms with E-state index in [1.54, 1.807) is 12.1 Å². The second-order valence-corrected chi connectivity index (χ2v) is 5.42. The van der Waals surface area contributed by atoms with Gasteiger partial charge in [-0.1, -0.05) is 35.3 Å². The van der Waals surface area contributed by atoms with Gasteiger partial charge in [-0.3, -0.25) is 4.79 Å². The van der Waals surface area contributed by atoms with Crippen LogP contribution in [0.3, 0.4) is 0 Å². The van der Waals surface area contributed by atoms with Gasteiger partial charge >= 0.3 is 5.97 Å². The first-order chi connectivity index (χ1) is 11.0. The molecule has 120 valence electrons. The van der Waals surface area contributed by atoms with Gasteiger partial charge in [0.1, 0.15) is 5.82 Å². The third-order valence-electron chi connectivity index (χ3n) is 2.89. The minimum atomic E-state index is -0.680. The third-order valence-corrected chi connectivity index (χ3v) is 3.63. The standard InChI is InChI=1S/C16H12Cl2FNO3/c17-13-6-3-11(7-14(13)18)16(22)23-9-15(21)20-8-10-1-4-12(19)5-2-10/h1-7H,8-9H2,(H,20,21). The van der Waals surface area contributed by atoms with Gasteiger partial charge in [-0.05, 0) is 35.9 Å². The van der Waals surface area contributed by atoms with Crippen molar-refractivity contribution < 1.29 is 18.7 Å². The van der Waals surface area contributed by atoms with Crippen molar-refractivity contribution in [3.05, 3.63) is 69.5 Å². The lowest BCUT2D eigenvalue weighted by Gasteiger charge is -2.07. The highest BCUT2D eigenvalue weighted by Crippen LogP contribution is 2.22. The average Bonchev–Trinajstić information content (AvgIpc) is 2.54. The molecule has 0 atom stereocenters. The molecule has 0 heterocycles. The van der Waals surface area contributed by atoms with Crippen LogP contribution in [-0.4, -0.2) is 18.5 Å². The maximum Gasteiger partial charge on any atom is 0.338 e. The zero-order valence-electron chi connectivity index (χ0n) is 11.8. The van der Waals surface area contributed by atoms with E-state index in [4.69, 9.17) is 27.9 Å². The van der Waals surface area contributed by atoms with Crippen molar-refractivity contribution in [2.45, 2.75) is 6.54 Å². The Morgan fingerprint density at radius 3 is 2.39 bits per heavy atom. The van der Waals surface area contributed by atoms with Crippen molar-refractivity contribution >= 4 is 35.1 Å². The molecule has 0 unspecified atom stereocenters. The van der Waals surface area contributed by atoms with E-state index in [2.05, 4.69) is 5.32 Å². The molecule has 4 nitrogen and oxygen atoms in total. The molecule has 0 aromatic heterocycles. The molecule has 2 aromatic carbocycles. The first kappa shape index (κ1) is 17.2. The van der Waals surface area contributed by atoms with Crippen molar-refractivity contribution in [2.75, 3.05) is 6.61 Å². The predicted octanol–water partition coefficient (Wildman–Crippen LogP) is 3.61. The van der Waals surface area contributed by atoms with E-state index >= 15 is 0 Å². The van der Waals surface area contributed by atoms with Gasteiger partial charge < -0.3 is 10.1 Å². The topological polar surface area (TPSA) is 55.4 Å². The van der Waals surface area contributed by atoms with Gasteiger partial charge in [-0.2, -0.15) is 0 Å². The summed E-state index contributed by atoms with van der Waals surface area (Å²) in [5, 5.41) is 3.10. The van der Waals surface area contributed by atoms with Gasteiger partial charge in [-0.25, -0.2) is 9.18 Å². The molecule has 2 aromatic rings. The second-order valence-electron chi connectivity index (χ2n) is 4.61. The fourth-order valence-electron chi connectivity index (χ4n) is 1.69. The number of rotatable bonds is 5. The summed E-state index contributed by atoms with van der Waals surface area (Å²) in [6.45, 7) is -0.219. The monoisotopic (exact) mass is 355 g/mol. The molecule has 0 aliphatic carbocycles. The van der Waals surface area contributed by atoms with Gasteiger partial charge in [0.2, 0.25) is 0 Å². The van der Waals surface area contributed by atoms with Crippen LogP contribution >= 0.6 is 23.2 Å². The first-order valence-electron chi connectivity index (χ1n) is 6.59. The summed E-state index contributed by atoms with van der Waals surface area (Å²) in [7, 11) is 0. The third kappa shape index (κ3) is 5.23. The first-order valence-corrected chi connectivity index (χ1v) is 7.34. The predicted molar refractivity (Wildman–Crippen MR) is 85.0 cm³/mol. The SMILES string of the molecule is O=C(COC(=O)c1ccc(Cl)c(Cl)c1)NCc1ccc(F)cc1. The number of nitrogens with one attached hydrogen (secondary N) is 1. The Morgan fingerprint density at radius 1 is 1.04 bits per heavy atom. The van der Waals surface area contributed by atoms with E-state index in [-0.39, 0.29) is 22.9 Å². The number of benzene rings is 2. The number of amides is 1. The highest BCUT2D eigenvalue weighted by molar-refractivity contribution is 6.42. The molecule has 0 fully saturated rings. The van der Waals surface area contributed by atoms with Crippen LogP contribution in [0, 0.1) is 5.82 Å². The summed E-state index contributed by atoms with van der Waals surface area (Å²) in [5.41, 5.74) is 0.932. The quantitative estimate of drug-likeness (QED) is 0.833. The molecule has 1 amide bonds. The van der Waals surface area contributed by atoms with Crippen molar-refractivity contribution in [3.63, 3.8) is 0 Å². The summed E-state index contributed by atoms with van der Waals surface area (Å²) in [4.78, 5) is 23.4. The number of carbonyl (C=O) groups is 2. The molecule has 2 rings (SSSR count). The summed E-state index contributed by atoms with van der Waals surface area (Å²) in [5.74, 6) is -1.50. The molecule has 0 radical (unpaired) electrons. The Kier molecular flexibility index (Phi) is 5.96. The maximum atomic E-state index is 12.7. The van der Waals surface area contributed by atoms with E-state index in [1.807, 2.05) is 0 Å². The number of halogens is 3. The number of ether oxygens (including phenoxy) is 1. The normalized spacial score (nSPS) is 10.2. The summed E-state index contributed by atoms with van der Waals surface area (Å²) < 4.78 is 17.6. The summed E-state index contributed by atoms with van der Waals surface area (Å²) in [6, 6.07) is 9.98. The lowest BCUT2D eigenvalue weighted by molar-refractivity contribution is -0.124. The van der Waals surface area contributed by atoms with Crippen molar-refractivity contribution in [1.82, 2.24) is 5.32 Å². The molecule has 7 heteroatoms. The van der Waals surface area contributed by atoms with Gasteiger partial charge in [-0.15, -0.1) is 0 Å². The average molecular weight is 356 g/mol. The van der Waals surface area contributed by atoms with E-state index in [1.165, 1.54) is 30.3 Å². The maximum absolute atomic E-state index is 12.7. The Bertz CT molecular complexity index is 720. The van der Waals surface area contributed by atoms with Crippen LogP contribution in [0.4, 0.5) is 4.39 Å². The van der Waals surface area contributed by atoms with Gasteiger partial charge in [0.25, 0.3) is 5.91 Å². The van der Waals surface area contributed by atoms with E-state index in [0.29, 0.717) is 5.02 Å². The van der Waals surface area contributed by atoms with Crippen LogP contribution in [-0.2, 0) is 16.1 Å². The van der Waals surface area contributed by atoms with E-state index in [9.17, 15) is 14.0 Å². The van der Waals surface area contributed by atoms with Gasteiger partial charge in [0.15, 0.2) is 6.61 Å². The van der Waals surface area contributed by atoms with Crippen LogP contribution in [0.25, 0.3) is 0 Å². The Balaban J connectivity index is 1.80. The van der Waals surface area contributed by atoms with Crippen molar-refractivity contribution in [3.8, 4) is 0 Å². The number of hydrogen-bond donors (Lipinski definition) is 1. The van der Waals surface area contributed by atoms with Crippen LogP contribution in [0.5, 0.6) is 0 Å². The number of carbonyl (C=O) groups excluding carboxylic acids is 2. The van der Waals surface area contributed by atoms with Crippen molar-refractivity contribution in [2.24, 2.45) is 0 Å². The Morgan fingerprint density at radius 2 is 1.74 bits per heavy atom. The molecule has 0 saturated heterocycles. The lowest BCUT2D eigenvalue weighted by atomic mass is 10.2. The van der Waals surface area contributed by atoms with E-state index in [0.717, 1.165) is 5.56 Å². The Labute approximate surface area is 142 Å². The second kappa shape index (κ2) is 7.94. The lowest BCUT2D eigenvalue weighted by Crippen LogP contribution is -2.28. The minimum Gasteiger partial charge on any atom is -0.452 e.